The van der Waals surface area contributed by atoms with Crippen molar-refractivity contribution in [2.45, 2.75) is 166 Å². The highest BCUT2D eigenvalue weighted by molar-refractivity contribution is 5.70. The summed E-state index contributed by atoms with van der Waals surface area (Å²) in [5.74, 6) is -1.26. The van der Waals surface area contributed by atoms with Crippen molar-refractivity contribution < 1.29 is 43.9 Å². The maximum atomic E-state index is 12.9. The van der Waals surface area contributed by atoms with Crippen LogP contribution in [-0.2, 0) is 28.5 Å². The molecular weight excluding hydrogens is 602 g/mol. The monoisotopic (exact) mass is 663 g/mol. The SMILES string of the molecule is CCC(OC)C(C)C1OC1C(NC1CCCCC1)C(C)(O)C=CC=C(C)C1OC(=O)CC(O)CCC(C)(O)C(OC(C)=O)C=CC1C. The van der Waals surface area contributed by atoms with Gasteiger partial charge in [-0.05, 0) is 64.5 Å². The first-order valence-electron chi connectivity index (χ1n) is 17.6. The third-order valence-corrected chi connectivity index (χ3v) is 10.2. The number of epoxide rings is 1. The molecule has 47 heavy (non-hydrogen) atoms. The quantitative estimate of drug-likeness (QED) is 0.100. The fraction of sp³-hybridized carbons (Fsp3) is 0.784. The number of carbonyl (C=O) groups excluding carboxylic acids is 2. The van der Waals surface area contributed by atoms with E-state index in [4.69, 9.17) is 18.9 Å². The van der Waals surface area contributed by atoms with Crippen molar-refractivity contribution in [3.05, 3.63) is 36.0 Å². The molecule has 3 aliphatic rings. The normalized spacial score (nSPS) is 34.8. The van der Waals surface area contributed by atoms with E-state index in [9.17, 15) is 24.9 Å². The summed E-state index contributed by atoms with van der Waals surface area (Å²) in [7, 11) is 1.73. The van der Waals surface area contributed by atoms with Crippen molar-refractivity contribution in [2.24, 2.45) is 11.8 Å². The molecule has 10 heteroatoms. The Labute approximate surface area is 282 Å². The first kappa shape index (κ1) is 39.4. The molecule has 10 nitrogen and oxygen atoms in total. The Kier molecular flexibility index (Phi) is 14.7. The highest BCUT2D eigenvalue weighted by Gasteiger charge is 2.54. The molecule has 0 aromatic carbocycles. The molecule has 1 aliphatic carbocycles. The lowest BCUT2D eigenvalue weighted by molar-refractivity contribution is -0.157. The number of ether oxygens (including phenoxy) is 4. The average Bonchev–Trinajstić information content (AvgIpc) is 3.80. The van der Waals surface area contributed by atoms with Crippen molar-refractivity contribution in [1.82, 2.24) is 5.32 Å². The van der Waals surface area contributed by atoms with Gasteiger partial charge in [-0.2, -0.15) is 0 Å². The molecule has 0 spiro atoms. The van der Waals surface area contributed by atoms with Crippen LogP contribution in [0.15, 0.2) is 36.0 Å². The zero-order chi connectivity index (χ0) is 34.9. The van der Waals surface area contributed by atoms with Gasteiger partial charge in [0.2, 0.25) is 0 Å². The summed E-state index contributed by atoms with van der Waals surface area (Å²) in [5.41, 5.74) is -1.96. The van der Waals surface area contributed by atoms with Gasteiger partial charge in [0.25, 0.3) is 0 Å². The molecule has 0 aromatic rings. The van der Waals surface area contributed by atoms with Crippen molar-refractivity contribution in [3.8, 4) is 0 Å². The Balaban J connectivity index is 1.85. The van der Waals surface area contributed by atoms with Gasteiger partial charge in [-0.15, -0.1) is 0 Å². The van der Waals surface area contributed by atoms with Gasteiger partial charge in [0.05, 0.1) is 36.4 Å². The van der Waals surface area contributed by atoms with Gasteiger partial charge in [-0.1, -0.05) is 64.3 Å². The van der Waals surface area contributed by atoms with Crippen LogP contribution in [0, 0.1) is 11.8 Å². The number of cyclic esters (lactones) is 1. The maximum absolute atomic E-state index is 12.9. The van der Waals surface area contributed by atoms with E-state index in [-0.39, 0.29) is 55.5 Å². The van der Waals surface area contributed by atoms with Crippen LogP contribution in [-0.4, -0.2) is 94.3 Å². The summed E-state index contributed by atoms with van der Waals surface area (Å²) in [6, 6.07) is -0.0171. The number of carbonyl (C=O) groups is 2. The van der Waals surface area contributed by atoms with E-state index < -0.39 is 41.5 Å². The molecule has 3 rings (SSSR count). The number of aliphatic hydroxyl groups is 3. The van der Waals surface area contributed by atoms with E-state index in [2.05, 4.69) is 19.2 Å². The standard InChI is InChI=1S/C37H61NO9/c1-9-29(44-8)25(4)33-34(47-33)35(38-27-15-11-10-12-16-27)37(7,43)20-13-14-23(2)32-24(3)17-18-30(45-26(5)39)36(6,42)21-19-28(40)22-31(41)46-32/h13-14,17-18,20,24-25,27-30,32-35,38,40,42-43H,9-12,15-16,19,21-22H2,1-8H3. The number of aliphatic hydroxyl groups excluding tert-OH is 1. The molecule has 0 aromatic heterocycles. The Morgan fingerprint density at radius 3 is 2.49 bits per heavy atom. The van der Waals surface area contributed by atoms with Gasteiger partial charge in [0.15, 0.2) is 0 Å². The molecular formula is C37H61NO9. The number of nitrogens with one attached hydrogen (secondary N) is 1. The van der Waals surface area contributed by atoms with Crippen LogP contribution in [0.3, 0.4) is 0 Å². The predicted octanol–water partition coefficient (Wildman–Crippen LogP) is 4.69. The van der Waals surface area contributed by atoms with Gasteiger partial charge >= 0.3 is 11.9 Å². The summed E-state index contributed by atoms with van der Waals surface area (Å²) in [6.07, 6.45) is 12.6. The Morgan fingerprint density at radius 1 is 1.19 bits per heavy atom. The number of methoxy groups -OCH3 is 1. The second-order valence-corrected chi connectivity index (χ2v) is 14.5. The number of hydrogen-bond acceptors (Lipinski definition) is 10. The number of allylic oxidation sites excluding steroid dienone is 2. The van der Waals surface area contributed by atoms with Gasteiger partial charge < -0.3 is 39.6 Å². The minimum Gasteiger partial charge on any atom is -0.457 e. The van der Waals surface area contributed by atoms with Crippen LogP contribution in [0.1, 0.15) is 106 Å². The lowest BCUT2D eigenvalue weighted by atomic mass is 9.85. The summed E-state index contributed by atoms with van der Waals surface area (Å²) in [6.45, 7) is 12.6. The Morgan fingerprint density at radius 2 is 1.87 bits per heavy atom. The Bertz CT molecular complexity index is 1110. The van der Waals surface area contributed by atoms with Gasteiger partial charge in [-0.25, -0.2) is 0 Å². The van der Waals surface area contributed by atoms with Crippen LogP contribution in [0.2, 0.25) is 0 Å². The molecule has 268 valence electrons. The lowest BCUT2D eigenvalue weighted by Crippen LogP contribution is -2.55. The summed E-state index contributed by atoms with van der Waals surface area (Å²) >= 11 is 0. The molecule has 4 N–H and O–H groups in total. The van der Waals surface area contributed by atoms with Crippen molar-refractivity contribution in [1.29, 1.82) is 0 Å². The maximum Gasteiger partial charge on any atom is 0.309 e. The van der Waals surface area contributed by atoms with Crippen molar-refractivity contribution >= 4 is 11.9 Å². The average molecular weight is 664 g/mol. The molecule has 0 bridgehead atoms. The van der Waals surface area contributed by atoms with Crippen molar-refractivity contribution in [2.75, 3.05) is 7.11 Å². The topological polar surface area (TPSA) is 147 Å². The van der Waals surface area contributed by atoms with E-state index in [1.54, 1.807) is 45.3 Å². The Hall–Kier alpha value is -2.08. The number of hydrogen-bond donors (Lipinski definition) is 4. The fourth-order valence-corrected chi connectivity index (χ4v) is 7.13. The van der Waals surface area contributed by atoms with Crippen LogP contribution >= 0.6 is 0 Å². The molecule has 0 amide bonds. The van der Waals surface area contributed by atoms with E-state index in [1.165, 1.54) is 26.2 Å². The minimum atomic E-state index is -1.44. The largest absolute Gasteiger partial charge is 0.457 e. The first-order valence-corrected chi connectivity index (χ1v) is 17.6. The van der Waals surface area contributed by atoms with Gasteiger partial charge in [-0.3, -0.25) is 9.59 Å². The first-order chi connectivity index (χ1) is 22.1. The molecule has 1 saturated carbocycles. The van der Waals surface area contributed by atoms with Crippen LogP contribution in [0.4, 0.5) is 0 Å². The molecule has 2 heterocycles. The van der Waals surface area contributed by atoms with Gasteiger partial charge in [0, 0.05) is 31.9 Å². The second kappa shape index (κ2) is 17.5. The number of esters is 2. The highest BCUT2D eigenvalue weighted by atomic mass is 16.6. The van der Waals surface area contributed by atoms with E-state index in [0.717, 1.165) is 24.8 Å². The molecule has 11 unspecified atom stereocenters. The summed E-state index contributed by atoms with van der Waals surface area (Å²) < 4.78 is 23.2. The summed E-state index contributed by atoms with van der Waals surface area (Å²) in [4.78, 5) is 24.7. The number of rotatable bonds is 12. The van der Waals surface area contributed by atoms with Crippen molar-refractivity contribution in [3.63, 3.8) is 0 Å². The zero-order valence-electron chi connectivity index (χ0n) is 29.8. The molecule has 2 aliphatic heterocycles. The predicted molar refractivity (Wildman–Crippen MR) is 180 cm³/mol. The van der Waals surface area contributed by atoms with E-state index >= 15 is 0 Å². The molecule has 0 radical (unpaired) electrons. The molecule has 2 fully saturated rings. The smallest absolute Gasteiger partial charge is 0.309 e. The second-order valence-electron chi connectivity index (χ2n) is 14.5. The third-order valence-electron chi connectivity index (χ3n) is 10.2. The minimum absolute atomic E-state index is 0.0200. The van der Waals surface area contributed by atoms with E-state index in [1.807, 2.05) is 19.9 Å². The van der Waals surface area contributed by atoms with Crippen LogP contribution in [0.5, 0.6) is 0 Å². The third kappa shape index (κ3) is 11.5. The van der Waals surface area contributed by atoms with Crippen LogP contribution < -0.4 is 5.32 Å². The fourth-order valence-electron chi connectivity index (χ4n) is 7.13. The molecule has 11 atom stereocenters. The lowest BCUT2D eigenvalue weighted by Gasteiger charge is -2.35. The zero-order valence-corrected chi connectivity index (χ0v) is 29.8. The summed E-state index contributed by atoms with van der Waals surface area (Å²) in [5, 5.41) is 37.2. The van der Waals surface area contributed by atoms with Crippen LogP contribution in [0.25, 0.3) is 0 Å². The molecule has 1 saturated heterocycles. The van der Waals surface area contributed by atoms with Gasteiger partial charge in [0.1, 0.15) is 23.9 Å². The highest BCUT2D eigenvalue weighted by Crippen LogP contribution is 2.39. The van der Waals surface area contributed by atoms with E-state index in [0.29, 0.717) is 6.04 Å².